The van der Waals surface area contributed by atoms with E-state index in [-0.39, 0.29) is 5.04 Å². The second-order valence-corrected chi connectivity index (χ2v) is 13.6. The van der Waals surface area contributed by atoms with Crippen LogP contribution in [0.4, 0.5) is 0 Å². The topological polar surface area (TPSA) is 44.8 Å². The van der Waals surface area contributed by atoms with Crippen molar-refractivity contribution in [3.05, 3.63) is 29.3 Å². The highest BCUT2D eigenvalue weighted by molar-refractivity contribution is 6.74. The lowest BCUT2D eigenvalue weighted by atomic mass is 9.76. The monoisotopic (exact) mass is 388 g/mol. The van der Waals surface area contributed by atoms with Crippen LogP contribution in [0.1, 0.15) is 49.5 Å². The summed E-state index contributed by atoms with van der Waals surface area (Å²) >= 11 is 0. The van der Waals surface area contributed by atoms with Crippen LogP contribution in [0.2, 0.25) is 18.1 Å². The van der Waals surface area contributed by atoms with Crippen LogP contribution >= 0.6 is 0 Å². The van der Waals surface area contributed by atoms with Crippen LogP contribution in [0.25, 0.3) is 0 Å². The fourth-order valence-corrected chi connectivity index (χ4v) is 3.85. The molecular weight excluding hydrogens is 356 g/mol. The first-order valence-corrected chi connectivity index (χ1v) is 12.4. The highest BCUT2D eigenvalue weighted by Crippen LogP contribution is 2.39. The minimum Gasteiger partial charge on any atom is -0.496 e. The van der Waals surface area contributed by atoms with Gasteiger partial charge in [-0.1, -0.05) is 32.6 Å². The van der Waals surface area contributed by atoms with Gasteiger partial charge in [0.1, 0.15) is 11.3 Å². The summed E-state index contributed by atoms with van der Waals surface area (Å²) in [7, 11) is 1.24. The van der Waals surface area contributed by atoms with Crippen molar-refractivity contribution in [2.24, 2.45) is 11.8 Å². The van der Waals surface area contributed by atoms with E-state index in [1.54, 1.807) is 12.1 Å². The molecule has 1 aliphatic rings. The van der Waals surface area contributed by atoms with Gasteiger partial charge in [0.15, 0.2) is 8.32 Å². The zero-order chi connectivity index (χ0) is 20.2. The Labute approximate surface area is 164 Å². The molecule has 0 bridgehead atoms. The number of hydrogen-bond acceptors (Lipinski definition) is 4. The molecule has 0 spiro atoms. The third-order valence-electron chi connectivity index (χ3n) is 5.75. The maximum absolute atomic E-state index is 11.7. The molecule has 2 rings (SSSR count). The zero-order valence-corrected chi connectivity index (χ0v) is 18.6. The number of rotatable bonds is 5. The van der Waals surface area contributed by atoms with E-state index in [2.05, 4.69) is 45.7 Å². The Bertz CT molecular complexity index is 731. The Morgan fingerprint density at radius 2 is 1.89 bits per heavy atom. The molecule has 0 amide bonds. The fourth-order valence-electron chi connectivity index (χ4n) is 2.77. The van der Waals surface area contributed by atoms with E-state index in [0.29, 0.717) is 23.1 Å². The van der Waals surface area contributed by atoms with Crippen LogP contribution in [0.15, 0.2) is 18.2 Å². The lowest BCUT2D eigenvalue weighted by molar-refractivity contribution is 0.0597. The van der Waals surface area contributed by atoms with Gasteiger partial charge in [-0.2, -0.15) is 0 Å². The van der Waals surface area contributed by atoms with Gasteiger partial charge in [0.05, 0.1) is 14.2 Å². The molecule has 0 N–H and O–H groups in total. The van der Waals surface area contributed by atoms with E-state index in [1.165, 1.54) is 14.2 Å². The predicted octanol–water partition coefficient (Wildman–Crippen LogP) is 4.88. The molecule has 0 radical (unpaired) electrons. The predicted molar refractivity (Wildman–Crippen MR) is 111 cm³/mol. The van der Waals surface area contributed by atoms with Crippen molar-refractivity contribution < 1.29 is 18.7 Å². The van der Waals surface area contributed by atoms with E-state index in [9.17, 15) is 4.79 Å². The summed E-state index contributed by atoms with van der Waals surface area (Å²) in [6.45, 7) is 12.3. The molecule has 1 aromatic rings. The zero-order valence-electron chi connectivity index (χ0n) is 17.6. The number of ether oxygens (including phenoxy) is 2. The van der Waals surface area contributed by atoms with Gasteiger partial charge >= 0.3 is 5.97 Å². The van der Waals surface area contributed by atoms with E-state index in [1.807, 2.05) is 6.07 Å². The van der Waals surface area contributed by atoms with Gasteiger partial charge in [-0.25, -0.2) is 4.79 Å². The third kappa shape index (κ3) is 5.37. The number of benzene rings is 1. The number of carbonyl (C=O) groups is 1. The van der Waals surface area contributed by atoms with Gasteiger partial charge in [-0.3, -0.25) is 0 Å². The summed E-state index contributed by atoms with van der Waals surface area (Å²) < 4.78 is 16.4. The molecule has 0 atom stereocenters. The minimum absolute atomic E-state index is 0.255. The van der Waals surface area contributed by atoms with E-state index < -0.39 is 14.3 Å². The number of esters is 1. The molecule has 1 aliphatic carbocycles. The Balaban J connectivity index is 1.89. The molecule has 4 nitrogen and oxygen atoms in total. The number of carbonyl (C=O) groups excluding carboxylic acids is 1. The van der Waals surface area contributed by atoms with Crippen molar-refractivity contribution in [1.29, 1.82) is 0 Å². The van der Waals surface area contributed by atoms with Crippen LogP contribution in [0, 0.1) is 23.7 Å². The van der Waals surface area contributed by atoms with E-state index >= 15 is 0 Å². The standard InChI is InChI=1S/C22H32O4Si/c1-22(2,3)27(6,7)26-15-18-12-17(13-18)9-8-16-10-11-19(21(23)25-5)20(14-16)24-4/h10-11,14,17-18H,12-13,15H2,1-7H3. The lowest BCUT2D eigenvalue weighted by Gasteiger charge is -2.40. The Kier molecular flexibility index (Phi) is 6.77. The second kappa shape index (κ2) is 8.49. The van der Waals surface area contributed by atoms with Crippen molar-refractivity contribution in [2.45, 2.75) is 51.7 Å². The van der Waals surface area contributed by atoms with Crippen molar-refractivity contribution >= 4 is 14.3 Å². The van der Waals surface area contributed by atoms with Crippen LogP contribution in [0.5, 0.6) is 5.75 Å². The molecule has 0 heterocycles. The second-order valence-electron chi connectivity index (χ2n) is 8.78. The first-order chi connectivity index (χ1) is 12.6. The van der Waals surface area contributed by atoms with Gasteiger partial charge in [-0.15, -0.1) is 0 Å². The number of hydrogen-bond donors (Lipinski definition) is 0. The molecule has 0 unspecified atom stereocenters. The SMILES string of the molecule is COC(=O)c1ccc(C#CC2CC(CO[Si](C)(C)C(C)(C)C)C2)cc1OC. The van der Waals surface area contributed by atoms with Crippen LogP contribution in [-0.4, -0.2) is 35.1 Å². The molecular formula is C22H32O4Si. The quantitative estimate of drug-likeness (QED) is 0.410. The maximum atomic E-state index is 11.7. The van der Waals surface area contributed by atoms with Crippen LogP contribution in [-0.2, 0) is 9.16 Å². The maximum Gasteiger partial charge on any atom is 0.341 e. The molecule has 5 heteroatoms. The van der Waals surface area contributed by atoms with Crippen molar-refractivity contribution in [1.82, 2.24) is 0 Å². The third-order valence-corrected chi connectivity index (χ3v) is 10.2. The highest BCUT2D eigenvalue weighted by atomic mass is 28.4. The fraction of sp³-hybridized carbons (Fsp3) is 0.591. The van der Waals surface area contributed by atoms with Crippen molar-refractivity contribution in [3.8, 4) is 17.6 Å². The van der Waals surface area contributed by atoms with Crippen molar-refractivity contribution in [3.63, 3.8) is 0 Å². The molecule has 27 heavy (non-hydrogen) atoms. The summed E-state index contributed by atoms with van der Waals surface area (Å²) in [6, 6.07) is 5.32. The lowest BCUT2D eigenvalue weighted by Crippen LogP contribution is -2.43. The van der Waals surface area contributed by atoms with Crippen LogP contribution in [0.3, 0.4) is 0 Å². The first kappa shape index (κ1) is 21.5. The van der Waals surface area contributed by atoms with Gasteiger partial charge in [0.25, 0.3) is 0 Å². The number of methoxy groups -OCH3 is 2. The smallest absolute Gasteiger partial charge is 0.341 e. The molecule has 1 saturated carbocycles. The Morgan fingerprint density at radius 1 is 1.22 bits per heavy atom. The average molecular weight is 389 g/mol. The molecule has 0 aliphatic heterocycles. The molecule has 0 saturated heterocycles. The summed E-state index contributed by atoms with van der Waals surface area (Å²) in [5.74, 6) is 7.67. The largest absolute Gasteiger partial charge is 0.496 e. The van der Waals surface area contributed by atoms with Gasteiger partial charge in [0.2, 0.25) is 0 Å². The van der Waals surface area contributed by atoms with Crippen LogP contribution < -0.4 is 4.74 Å². The van der Waals surface area contributed by atoms with Gasteiger partial charge in [-0.05, 0) is 55.1 Å². The summed E-state index contributed by atoms with van der Waals surface area (Å²) in [5.41, 5.74) is 1.26. The first-order valence-electron chi connectivity index (χ1n) is 9.49. The van der Waals surface area contributed by atoms with Crippen molar-refractivity contribution in [2.75, 3.05) is 20.8 Å². The molecule has 1 aromatic carbocycles. The Hall–Kier alpha value is -1.77. The molecule has 1 fully saturated rings. The average Bonchev–Trinajstić information content (AvgIpc) is 2.57. The summed E-state index contributed by atoms with van der Waals surface area (Å²) in [4.78, 5) is 11.7. The summed E-state index contributed by atoms with van der Waals surface area (Å²) in [6.07, 6.45) is 2.19. The minimum atomic E-state index is -1.66. The molecule has 148 valence electrons. The normalized spacial score (nSPS) is 19.5. The molecule has 0 aromatic heterocycles. The highest BCUT2D eigenvalue weighted by Gasteiger charge is 2.39. The van der Waals surface area contributed by atoms with Gasteiger partial charge in [0, 0.05) is 18.1 Å². The van der Waals surface area contributed by atoms with E-state index in [4.69, 9.17) is 13.9 Å². The Morgan fingerprint density at radius 3 is 2.44 bits per heavy atom. The summed E-state index contributed by atoms with van der Waals surface area (Å²) in [5, 5.41) is 0.255. The van der Waals surface area contributed by atoms with E-state index in [0.717, 1.165) is 25.0 Å². The van der Waals surface area contributed by atoms with Gasteiger partial charge < -0.3 is 13.9 Å².